The maximum atomic E-state index is 2.68. The summed E-state index contributed by atoms with van der Waals surface area (Å²) in [4.78, 5) is 0. The summed E-state index contributed by atoms with van der Waals surface area (Å²) < 4.78 is 0. The van der Waals surface area contributed by atoms with Crippen molar-refractivity contribution in [3.8, 4) is 22.3 Å². The molecule has 254 valence electrons. The van der Waals surface area contributed by atoms with Gasteiger partial charge < -0.3 is 0 Å². The lowest BCUT2D eigenvalue weighted by atomic mass is 9.95. The Morgan fingerprint density at radius 3 is 1.16 bits per heavy atom. The number of hydrogen-bond acceptors (Lipinski definition) is 0. The summed E-state index contributed by atoms with van der Waals surface area (Å²) >= 11 is 0. The molecule has 0 bridgehead atoms. The predicted octanol–water partition coefficient (Wildman–Crippen LogP) is 14.2. The Morgan fingerprint density at radius 1 is 0.429 bits per heavy atom. The van der Waals surface area contributed by atoms with E-state index < -0.39 is 8.07 Å². The Morgan fingerprint density at radius 2 is 0.796 bits per heavy atom. The lowest BCUT2D eigenvalue weighted by molar-refractivity contribution is 0.795. The number of allylic oxidation sites excluding steroid dienone is 2. The van der Waals surface area contributed by atoms with Crippen LogP contribution in [0.4, 0.5) is 0 Å². The largest absolute Gasteiger partial charge is 0.113 e. The normalized spacial score (nSPS) is 14.2. The van der Waals surface area contributed by atoms with E-state index in [4.69, 9.17) is 0 Å². The molecule has 0 amide bonds. The van der Waals surface area contributed by atoms with Crippen LogP contribution in [0.3, 0.4) is 0 Å². The summed E-state index contributed by atoms with van der Waals surface area (Å²) in [6, 6.07) is 33.2. The van der Waals surface area contributed by atoms with E-state index in [1.807, 2.05) is 0 Å². The standard InChI is InChI=1S/C48H58Si/c1-7-11-17-35-25-29-37(30-26-35)43-23-15-21-39-33-41(19-13-9-3)47(45(39)43)49(5,6)48-42(20-14-10-4)34-40-22-16-24-44(46(40)48)38-31-27-36(28-32-38)18-12-8-2/h15-16,21-34H,7-14,17-20H2,1-6H3. The molecule has 0 saturated carbocycles. The van der Waals surface area contributed by atoms with Crippen LogP contribution in [0.1, 0.15) is 125 Å². The van der Waals surface area contributed by atoms with Gasteiger partial charge in [-0.3, -0.25) is 0 Å². The summed E-state index contributed by atoms with van der Waals surface area (Å²) in [7, 11) is -2.25. The number of aryl methyl sites for hydroxylation is 2. The molecule has 49 heavy (non-hydrogen) atoms. The SMILES string of the molecule is CCCCC1=C([Si](C)(C)C2=C(CCCC)[CH]c3cccc(-c4ccc(CCCC)cc4)c32)c2c(cccc2-c2ccc(CCCC)cc2)[CH]1. The van der Waals surface area contributed by atoms with Gasteiger partial charge in [-0.05, 0) is 117 Å². The molecule has 2 radical (unpaired) electrons. The average Bonchev–Trinajstić information content (AvgIpc) is 3.71. The second kappa shape index (κ2) is 16.1. The summed E-state index contributed by atoms with van der Waals surface area (Å²) in [5.41, 5.74) is 17.5. The van der Waals surface area contributed by atoms with Gasteiger partial charge in [-0.25, -0.2) is 0 Å². The van der Waals surface area contributed by atoms with Crippen molar-refractivity contribution in [3.05, 3.63) is 142 Å². The van der Waals surface area contributed by atoms with Crippen molar-refractivity contribution in [1.82, 2.24) is 0 Å². The van der Waals surface area contributed by atoms with Crippen molar-refractivity contribution in [1.29, 1.82) is 0 Å². The summed E-state index contributed by atoms with van der Waals surface area (Å²) in [6.45, 7) is 14.6. The molecule has 0 saturated heterocycles. The van der Waals surface area contributed by atoms with E-state index in [-0.39, 0.29) is 0 Å². The molecule has 0 fully saturated rings. The molecule has 0 N–H and O–H groups in total. The first-order valence-electron chi connectivity index (χ1n) is 19.5. The highest BCUT2D eigenvalue weighted by Gasteiger charge is 2.43. The monoisotopic (exact) mass is 662 g/mol. The molecule has 0 aromatic heterocycles. The van der Waals surface area contributed by atoms with E-state index in [1.54, 1.807) is 21.5 Å². The molecule has 4 aromatic carbocycles. The Labute approximate surface area is 299 Å². The third-order valence-corrected chi connectivity index (χ3v) is 14.7. The summed E-state index contributed by atoms with van der Waals surface area (Å²) in [5, 5.41) is 3.35. The first-order chi connectivity index (χ1) is 23.9. The van der Waals surface area contributed by atoms with E-state index >= 15 is 0 Å². The van der Waals surface area contributed by atoms with Crippen molar-refractivity contribution in [2.75, 3.05) is 0 Å². The first kappa shape index (κ1) is 35.4. The van der Waals surface area contributed by atoms with Gasteiger partial charge in [0.2, 0.25) is 0 Å². The van der Waals surface area contributed by atoms with Gasteiger partial charge in [0.1, 0.15) is 8.07 Å². The van der Waals surface area contributed by atoms with Crippen LogP contribution in [0, 0.1) is 12.8 Å². The van der Waals surface area contributed by atoms with Crippen molar-refractivity contribution < 1.29 is 0 Å². The Kier molecular flexibility index (Phi) is 11.6. The summed E-state index contributed by atoms with van der Waals surface area (Å²) in [6.07, 6.45) is 19.7. The zero-order valence-corrected chi connectivity index (χ0v) is 32.2. The second-order valence-electron chi connectivity index (χ2n) is 15.1. The quantitative estimate of drug-likeness (QED) is 0.105. The molecular weight excluding hydrogens is 605 g/mol. The molecule has 0 heterocycles. The molecule has 0 unspecified atom stereocenters. The maximum Gasteiger partial charge on any atom is 0.113 e. The van der Waals surface area contributed by atoms with E-state index in [2.05, 4.69) is 139 Å². The fraction of sp³-hybridized carbons (Fsp3) is 0.375. The fourth-order valence-corrected chi connectivity index (χ4v) is 12.5. The third kappa shape index (κ3) is 7.39. The Bertz CT molecular complexity index is 1660. The molecule has 1 heteroatoms. The zero-order chi connectivity index (χ0) is 34.4. The minimum atomic E-state index is -2.25. The molecule has 0 atom stereocenters. The van der Waals surface area contributed by atoms with Crippen LogP contribution in [-0.4, -0.2) is 8.07 Å². The molecular formula is C48H58Si. The zero-order valence-electron chi connectivity index (χ0n) is 31.2. The van der Waals surface area contributed by atoms with Gasteiger partial charge >= 0.3 is 0 Å². The van der Waals surface area contributed by atoms with E-state index in [9.17, 15) is 0 Å². The van der Waals surface area contributed by atoms with Crippen LogP contribution >= 0.6 is 0 Å². The van der Waals surface area contributed by atoms with Crippen LogP contribution in [-0.2, 0) is 12.8 Å². The van der Waals surface area contributed by atoms with Gasteiger partial charge in [-0.1, -0.05) is 163 Å². The number of rotatable bonds is 16. The Balaban J connectivity index is 1.51. The highest BCUT2D eigenvalue weighted by Crippen LogP contribution is 2.54. The fourth-order valence-electron chi connectivity index (χ4n) is 8.41. The maximum absolute atomic E-state index is 2.68. The topological polar surface area (TPSA) is 0 Å². The number of hydrogen-bond donors (Lipinski definition) is 0. The highest BCUT2D eigenvalue weighted by molar-refractivity contribution is 7.09. The van der Waals surface area contributed by atoms with Crippen LogP contribution in [0.5, 0.6) is 0 Å². The predicted molar refractivity (Wildman–Crippen MR) is 218 cm³/mol. The molecule has 6 rings (SSSR count). The molecule has 0 spiro atoms. The first-order valence-corrected chi connectivity index (χ1v) is 22.5. The van der Waals surface area contributed by atoms with Crippen molar-refractivity contribution in [2.45, 2.75) is 118 Å². The highest BCUT2D eigenvalue weighted by atomic mass is 28.3. The Hall–Kier alpha value is -3.42. The molecule has 4 aromatic rings. The minimum Gasteiger partial charge on any atom is -0.0654 e. The van der Waals surface area contributed by atoms with E-state index in [1.165, 1.54) is 107 Å². The second-order valence-corrected chi connectivity index (χ2v) is 19.3. The van der Waals surface area contributed by atoms with Crippen LogP contribution in [0.2, 0.25) is 13.1 Å². The number of unbranched alkanes of at least 4 members (excludes halogenated alkanes) is 4. The number of benzene rings is 4. The van der Waals surface area contributed by atoms with Gasteiger partial charge in [-0.15, -0.1) is 0 Å². The number of fused-ring (bicyclic) bond motifs is 2. The minimum absolute atomic E-state index is 1.15. The average molecular weight is 663 g/mol. The van der Waals surface area contributed by atoms with Crippen LogP contribution in [0.25, 0.3) is 32.6 Å². The van der Waals surface area contributed by atoms with E-state index in [0.29, 0.717) is 0 Å². The van der Waals surface area contributed by atoms with Crippen molar-refractivity contribution >= 4 is 18.5 Å². The smallest absolute Gasteiger partial charge is 0.0654 e. The van der Waals surface area contributed by atoms with Gasteiger partial charge in [0, 0.05) is 12.8 Å². The van der Waals surface area contributed by atoms with Gasteiger partial charge in [0.25, 0.3) is 0 Å². The lowest BCUT2D eigenvalue weighted by Gasteiger charge is -2.33. The van der Waals surface area contributed by atoms with Gasteiger partial charge in [0.15, 0.2) is 0 Å². The van der Waals surface area contributed by atoms with E-state index in [0.717, 1.165) is 25.7 Å². The van der Waals surface area contributed by atoms with Crippen molar-refractivity contribution in [3.63, 3.8) is 0 Å². The molecule has 2 aliphatic carbocycles. The van der Waals surface area contributed by atoms with Crippen molar-refractivity contribution in [2.24, 2.45) is 0 Å². The molecule has 2 aliphatic rings. The molecule has 0 aliphatic heterocycles. The third-order valence-electron chi connectivity index (χ3n) is 11.0. The van der Waals surface area contributed by atoms with Gasteiger partial charge in [-0.2, -0.15) is 0 Å². The van der Waals surface area contributed by atoms with Gasteiger partial charge in [0.05, 0.1) is 0 Å². The summed E-state index contributed by atoms with van der Waals surface area (Å²) in [5.74, 6) is 0. The lowest BCUT2D eigenvalue weighted by Crippen LogP contribution is -2.32. The van der Waals surface area contributed by atoms with Crippen LogP contribution in [0.15, 0.2) is 96.1 Å². The van der Waals surface area contributed by atoms with Crippen LogP contribution < -0.4 is 0 Å². The molecule has 0 nitrogen and oxygen atoms in total.